The summed E-state index contributed by atoms with van der Waals surface area (Å²) in [6.07, 6.45) is 9.45. The van der Waals surface area contributed by atoms with Crippen molar-refractivity contribution < 1.29 is 0 Å². The number of hydrogen-bond acceptors (Lipinski definition) is 4. The minimum atomic E-state index is -0.210. The van der Waals surface area contributed by atoms with Gasteiger partial charge in [0.2, 0.25) is 0 Å². The summed E-state index contributed by atoms with van der Waals surface area (Å²) >= 11 is 0. The second-order valence-electron chi connectivity index (χ2n) is 41.6. The molecule has 7 aromatic heterocycles. The van der Waals surface area contributed by atoms with Gasteiger partial charge in [-0.1, -0.05) is 333 Å². The van der Waals surface area contributed by atoms with Crippen LogP contribution in [0.2, 0.25) is 0 Å². The Morgan fingerprint density at radius 2 is 0.543 bits per heavy atom. The topological polar surface area (TPSA) is 66.3 Å². The van der Waals surface area contributed by atoms with Gasteiger partial charge in [-0.15, -0.1) is 0 Å². The number of aromatic nitrogens is 7. The zero-order chi connectivity index (χ0) is 92.6. The lowest BCUT2D eigenvalue weighted by Crippen LogP contribution is -2.18. The van der Waals surface area contributed by atoms with Gasteiger partial charge in [-0.25, -0.2) is 9.97 Å². The smallest absolute Gasteiger partial charge is 0.138 e. The third-order valence-corrected chi connectivity index (χ3v) is 33.2. The molecule has 0 saturated carbocycles. The summed E-state index contributed by atoms with van der Waals surface area (Å²) in [7, 11) is 0. The van der Waals surface area contributed by atoms with Crippen molar-refractivity contribution in [2.75, 3.05) is 0 Å². The number of nitrogens with zero attached hydrogens (tertiary/aromatic N) is 7. The maximum absolute atomic E-state index is 5.45. The number of fused-ring (bicyclic) bond motifs is 43. The highest BCUT2D eigenvalue weighted by atomic mass is 15.1. The first-order valence-electron chi connectivity index (χ1n) is 49.6. The van der Waals surface area contributed by atoms with E-state index in [4.69, 9.17) is 19.9 Å². The Kier molecular flexibility index (Phi) is 16.6. The standard InChI is InChI=1S/2C45H31N3.C43H31N/c2*1-45(2)36-15-7-5-13-32(36)39-34-24-30-22-28-10-3-4-11-29(28)23-31(30)25-35(34)40-33-14-6-8-16-37(33)48(44(40)41(39)45)38-20-19-27-18-17-26-12-9-21-46-42(26)43(27)47-38;1-43(2)37-17-9-7-15-33(37)39-35-24-30-21-27-12-5-6-13-28(27)22-31(30)25-36(35)40-34-16-8-10-18-38(34)44(42(40)41(39)43)32-20-19-26-11-3-4-14-29(26)23-32/h3-21,24-25H,22-23H2,1-2H3;3-23H,24-25H2,1-2H3;3-23H,24-25H2,1-2H3. The predicted octanol–water partition coefficient (Wildman–Crippen LogP) is 32.6. The molecule has 6 aliphatic rings. The minimum absolute atomic E-state index is 0.133. The monoisotopic (exact) mass is 1790 g/mol. The van der Waals surface area contributed by atoms with Crippen LogP contribution in [0.4, 0.5) is 0 Å². The summed E-state index contributed by atoms with van der Waals surface area (Å²) in [5.41, 5.74) is 46.5. The Bertz CT molecular complexity index is 10100. The highest BCUT2D eigenvalue weighted by molar-refractivity contribution is 6.28. The number of pyridine rings is 4. The number of hydrogen-bond donors (Lipinski definition) is 0. The summed E-state index contributed by atoms with van der Waals surface area (Å²) in [6, 6.07) is 137. The highest BCUT2D eigenvalue weighted by Crippen LogP contribution is 2.62. The minimum Gasteiger partial charge on any atom is -0.309 e. The molecule has 7 nitrogen and oxygen atoms in total. The van der Waals surface area contributed by atoms with Crippen molar-refractivity contribution in [3.05, 3.63) is 483 Å². The molecule has 0 saturated heterocycles. The van der Waals surface area contributed by atoms with Crippen LogP contribution in [-0.2, 0) is 54.8 Å². The van der Waals surface area contributed by atoms with Gasteiger partial charge >= 0.3 is 0 Å². The molecule has 0 bridgehead atoms. The second-order valence-corrected chi connectivity index (χ2v) is 41.6. The number of rotatable bonds is 3. The Hall–Kier alpha value is -16.7. The van der Waals surface area contributed by atoms with E-state index in [0.29, 0.717) is 0 Å². The van der Waals surface area contributed by atoms with Gasteiger partial charge in [0.15, 0.2) is 0 Å². The van der Waals surface area contributed by atoms with Gasteiger partial charge in [0.1, 0.15) is 11.6 Å². The lowest BCUT2D eigenvalue weighted by molar-refractivity contribution is 0.663. The molecule has 32 rings (SSSR count). The molecule has 0 spiro atoms. The summed E-state index contributed by atoms with van der Waals surface area (Å²) in [6.45, 7) is 14.5. The van der Waals surface area contributed by atoms with Gasteiger partial charge in [-0.3, -0.25) is 19.1 Å². The zero-order valence-corrected chi connectivity index (χ0v) is 78.7. The van der Waals surface area contributed by atoms with Crippen molar-refractivity contribution in [2.24, 2.45) is 0 Å². The zero-order valence-electron chi connectivity index (χ0n) is 78.7. The molecule has 0 fully saturated rings. The van der Waals surface area contributed by atoms with Crippen molar-refractivity contribution in [1.29, 1.82) is 0 Å². The summed E-state index contributed by atoms with van der Waals surface area (Å²) < 4.78 is 7.50. The van der Waals surface area contributed by atoms with Crippen LogP contribution < -0.4 is 0 Å². The molecular formula is C133H93N7. The van der Waals surface area contributed by atoms with Crippen LogP contribution >= 0.6 is 0 Å². The normalized spacial score (nSPS) is 14.5. The summed E-state index contributed by atoms with van der Waals surface area (Å²) in [5, 5.41) is 23.0. The van der Waals surface area contributed by atoms with E-state index in [1.165, 1.54) is 248 Å². The van der Waals surface area contributed by atoms with E-state index in [2.05, 4.69) is 413 Å². The van der Waals surface area contributed by atoms with E-state index in [0.717, 1.165) is 93.8 Å². The quantitative estimate of drug-likeness (QED) is 0.165. The molecule has 0 aliphatic heterocycles. The van der Waals surface area contributed by atoms with Gasteiger partial charge in [-0.2, -0.15) is 0 Å². The summed E-state index contributed by atoms with van der Waals surface area (Å²) in [4.78, 5) is 20.5. The average molecular weight is 1790 g/mol. The average Bonchev–Trinajstić information content (AvgIpc) is 1.52. The van der Waals surface area contributed by atoms with Crippen molar-refractivity contribution >= 4 is 152 Å². The van der Waals surface area contributed by atoms with Gasteiger partial charge in [-0.05, 0) is 294 Å². The molecule has 0 unspecified atom stereocenters. The molecule has 26 aromatic rings. The first-order valence-corrected chi connectivity index (χ1v) is 49.6. The lowest BCUT2D eigenvalue weighted by Gasteiger charge is -2.28. The maximum atomic E-state index is 5.45. The Labute approximate surface area is 809 Å². The van der Waals surface area contributed by atoms with E-state index in [9.17, 15) is 0 Å². The van der Waals surface area contributed by atoms with Crippen molar-refractivity contribution in [3.63, 3.8) is 0 Å². The highest BCUT2D eigenvalue weighted by Gasteiger charge is 2.46. The molecule has 0 radical (unpaired) electrons. The second kappa shape index (κ2) is 29.2. The van der Waals surface area contributed by atoms with Crippen LogP contribution in [0.1, 0.15) is 142 Å². The molecule has 0 amide bonds. The first-order chi connectivity index (χ1) is 68.7. The van der Waals surface area contributed by atoms with E-state index < -0.39 is 0 Å². The number of para-hydroxylation sites is 3. The van der Waals surface area contributed by atoms with Crippen LogP contribution in [0, 0.1) is 0 Å². The Morgan fingerprint density at radius 1 is 0.221 bits per heavy atom. The van der Waals surface area contributed by atoms with Crippen LogP contribution in [0.15, 0.2) is 382 Å². The Morgan fingerprint density at radius 3 is 1.01 bits per heavy atom. The fourth-order valence-corrected chi connectivity index (χ4v) is 26.9. The van der Waals surface area contributed by atoms with E-state index in [-0.39, 0.29) is 16.2 Å². The molecule has 660 valence electrons. The van der Waals surface area contributed by atoms with Gasteiger partial charge in [0.05, 0.1) is 55.2 Å². The Balaban J connectivity index is 0.0000000988. The fraction of sp³-hybridized carbons (Fsp3) is 0.113. The third kappa shape index (κ3) is 11.2. The SMILES string of the molecule is CC1(C)c2ccccc2-c2c1c1c(c3cc4c(cc23)Cc2ccccc2C4)c2ccccc2n1-c1ccc2ccc3cccnc3c2n1.CC1(C)c2ccccc2-c2c3c(c4c5ccccc5n(-c5ccc6ccc7cccnc7c6n5)c4c21)Cc1cc2ccccc2cc1C3.CC1(C)c2ccccc2-c2c3c(c4c5ccccc5n(-c5ccc6ccccc6c5)c4c21)Cc1cc2ccccc2cc1C3. The molecule has 6 aliphatic carbocycles. The van der Waals surface area contributed by atoms with Crippen LogP contribution in [0.3, 0.4) is 0 Å². The van der Waals surface area contributed by atoms with Crippen molar-refractivity contribution in [3.8, 4) is 50.7 Å². The molecule has 0 N–H and O–H groups in total. The molecule has 140 heavy (non-hydrogen) atoms. The molecule has 0 atom stereocenters. The largest absolute Gasteiger partial charge is 0.309 e. The number of benzene rings is 19. The van der Waals surface area contributed by atoms with Crippen LogP contribution in [0.5, 0.6) is 0 Å². The van der Waals surface area contributed by atoms with Crippen LogP contribution in [-0.4, -0.2) is 33.6 Å². The van der Waals surface area contributed by atoms with E-state index in [1.807, 2.05) is 24.5 Å². The van der Waals surface area contributed by atoms with Crippen molar-refractivity contribution in [1.82, 2.24) is 33.6 Å². The van der Waals surface area contributed by atoms with Crippen LogP contribution in [0.25, 0.3) is 203 Å². The van der Waals surface area contributed by atoms with E-state index >= 15 is 0 Å². The predicted molar refractivity (Wildman–Crippen MR) is 582 cm³/mol. The third-order valence-electron chi connectivity index (χ3n) is 33.2. The molecule has 7 heteroatoms. The fourth-order valence-electron chi connectivity index (χ4n) is 26.9. The van der Waals surface area contributed by atoms with Crippen molar-refractivity contribution in [2.45, 2.75) is 96.3 Å². The lowest BCUT2D eigenvalue weighted by atomic mass is 9.76. The van der Waals surface area contributed by atoms with Gasteiger partial charge < -0.3 is 4.57 Å². The molecule has 7 heterocycles. The molecule has 19 aromatic carbocycles. The van der Waals surface area contributed by atoms with Gasteiger partial charge in [0, 0.05) is 88.2 Å². The first kappa shape index (κ1) is 79.5. The van der Waals surface area contributed by atoms with E-state index in [1.54, 1.807) is 0 Å². The summed E-state index contributed by atoms with van der Waals surface area (Å²) in [5.74, 6) is 1.86. The van der Waals surface area contributed by atoms with Gasteiger partial charge in [0.25, 0.3) is 0 Å². The maximum Gasteiger partial charge on any atom is 0.138 e. The molecular weight excluding hydrogens is 1700 g/mol.